The molecule has 0 bridgehead atoms. The molecule has 4 rings (SSSR count). The SMILES string of the molecule is CCc1ccc(C(Cc2ccccc2)(NC)c2cc(F)cc(C(F)(F)F)c2)nc1.O=CNC1CCCC1. The number of hydrogen-bond acceptors (Lipinski definition) is 3. The van der Waals surface area contributed by atoms with Crippen LogP contribution >= 0.6 is 0 Å². The molecule has 1 fully saturated rings. The van der Waals surface area contributed by atoms with E-state index >= 15 is 0 Å². The molecular weight excluding hydrogens is 482 g/mol. The maximum Gasteiger partial charge on any atom is 0.416 e. The number of amides is 1. The lowest BCUT2D eigenvalue weighted by molar-refractivity contribution is -0.137. The Morgan fingerprint density at radius 3 is 2.19 bits per heavy atom. The standard InChI is InChI=1S/C23H22F4N2.C6H11NO/c1-3-16-9-10-21(29-15-16)22(28-2,14-17-7-5-4-6-8-17)18-11-19(23(25,26)27)13-20(24)12-18;8-5-7-6-3-1-2-4-6/h4-13,15,28H,3,14H2,1-2H3;5-6H,1-4H2,(H,7,8). The third-order valence-corrected chi connectivity index (χ3v) is 6.79. The smallest absolute Gasteiger partial charge is 0.356 e. The lowest BCUT2D eigenvalue weighted by Gasteiger charge is -2.34. The molecule has 1 saturated carbocycles. The number of pyridine rings is 1. The summed E-state index contributed by atoms with van der Waals surface area (Å²) in [6, 6.07) is 16.2. The zero-order valence-corrected chi connectivity index (χ0v) is 21.1. The van der Waals surface area contributed by atoms with Crippen molar-refractivity contribution in [2.75, 3.05) is 7.05 Å². The number of aryl methyl sites for hydroxylation is 1. The van der Waals surface area contributed by atoms with Gasteiger partial charge >= 0.3 is 6.18 Å². The Bertz CT molecular complexity index is 1130. The van der Waals surface area contributed by atoms with Gasteiger partial charge in [-0.05, 0) is 67.3 Å². The molecular formula is C29H33F4N3O. The first-order chi connectivity index (χ1) is 17.7. The largest absolute Gasteiger partial charge is 0.416 e. The van der Waals surface area contributed by atoms with Crippen molar-refractivity contribution in [1.29, 1.82) is 0 Å². The second-order valence-corrected chi connectivity index (χ2v) is 9.22. The Kier molecular flexibility index (Phi) is 9.80. The highest BCUT2D eigenvalue weighted by molar-refractivity contribution is 5.46. The summed E-state index contributed by atoms with van der Waals surface area (Å²) in [6.45, 7) is 1.99. The summed E-state index contributed by atoms with van der Waals surface area (Å²) in [5.41, 5.74) is 0.447. The number of likely N-dealkylation sites (N-methyl/N-ethyl adjacent to an activating group) is 1. The molecule has 1 heterocycles. The van der Waals surface area contributed by atoms with Crippen LogP contribution in [0.5, 0.6) is 0 Å². The first kappa shape index (κ1) is 28.3. The molecule has 1 atom stereocenters. The monoisotopic (exact) mass is 515 g/mol. The Labute approximate surface area is 215 Å². The van der Waals surface area contributed by atoms with E-state index in [2.05, 4.69) is 15.6 Å². The van der Waals surface area contributed by atoms with Gasteiger partial charge in [-0.1, -0.05) is 56.2 Å². The van der Waals surface area contributed by atoms with Crippen LogP contribution < -0.4 is 10.6 Å². The summed E-state index contributed by atoms with van der Waals surface area (Å²) >= 11 is 0. The molecule has 2 aromatic carbocycles. The molecule has 1 aliphatic carbocycles. The van der Waals surface area contributed by atoms with E-state index < -0.39 is 23.1 Å². The van der Waals surface area contributed by atoms with E-state index in [1.807, 2.05) is 43.3 Å². The lowest BCUT2D eigenvalue weighted by atomic mass is 9.80. The molecule has 8 heteroatoms. The van der Waals surface area contributed by atoms with Crippen molar-refractivity contribution < 1.29 is 22.4 Å². The van der Waals surface area contributed by atoms with E-state index in [4.69, 9.17) is 0 Å². The van der Waals surface area contributed by atoms with Gasteiger partial charge in [0.1, 0.15) is 5.82 Å². The van der Waals surface area contributed by atoms with Crippen molar-refractivity contribution >= 4 is 6.41 Å². The maximum atomic E-state index is 14.2. The number of carbonyl (C=O) groups excluding carboxylic acids is 1. The van der Waals surface area contributed by atoms with E-state index in [0.29, 0.717) is 24.2 Å². The third-order valence-electron chi connectivity index (χ3n) is 6.79. The molecule has 1 unspecified atom stereocenters. The first-order valence-corrected chi connectivity index (χ1v) is 12.5. The molecule has 4 nitrogen and oxygen atoms in total. The van der Waals surface area contributed by atoms with E-state index in [0.717, 1.165) is 36.1 Å². The van der Waals surface area contributed by atoms with Gasteiger partial charge in [0.05, 0.1) is 16.8 Å². The Balaban J connectivity index is 0.000000405. The van der Waals surface area contributed by atoms with Crippen LogP contribution in [0.1, 0.15) is 60.6 Å². The maximum absolute atomic E-state index is 14.2. The predicted molar refractivity (Wildman–Crippen MR) is 136 cm³/mol. The minimum absolute atomic E-state index is 0.174. The number of benzene rings is 2. The van der Waals surface area contributed by atoms with Crippen LogP contribution in [0.4, 0.5) is 17.6 Å². The number of nitrogens with zero attached hydrogens (tertiary/aromatic N) is 1. The predicted octanol–water partition coefficient (Wildman–Crippen LogP) is 6.18. The average Bonchev–Trinajstić information content (AvgIpc) is 3.41. The van der Waals surface area contributed by atoms with Crippen molar-refractivity contribution in [3.05, 3.63) is 101 Å². The lowest BCUT2D eigenvalue weighted by Crippen LogP contribution is -2.44. The Morgan fingerprint density at radius 2 is 1.65 bits per heavy atom. The van der Waals surface area contributed by atoms with E-state index in [9.17, 15) is 22.4 Å². The molecule has 1 aromatic heterocycles. The highest BCUT2D eigenvalue weighted by atomic mass is 19.4. The van der Waals surface area contributed by atoms with Crippen molar-refractivity contribution in [1.82, 2.24) is 15.6 Å². The molecule has 3 aromatic rings. The molecule has 0 radical (unpaired) electrons. The van der Waals surface area contributed by atoms with Gasteiger partial charge in [-0.15, -0.1) is 0 Å². The van der Waals surface area contributed by atoms with Gasteiger partial charge in [-0.3, -0.25) is 9.78 Å². The summed E-state index contributed by atoms with van der Waals surface area (Å²) < 4.78 is 54.3. The minimum Gasteiger partial charge on any atom is -0.356 e. The molecule has 1 amide bonds. The van der Waals surface area contributed by atoms with Crippen LogP contribution in [0.2, 0.25) is 0 Å². The number of nitrogens with one attached hydrogen (secondary N) is 2. The summed E-state index contributed by atoms with van der Waals surface area (Å²) in [4.78, 5) is 14.4. The van der Waals surface area contributed by atoms with Gasteiger partial charge in [0.15, 0.2) is 0 Å². The highest BCUT2D eigenvalue weighted by Crippen LogP contribution is 2.37. The summed E-state index contributed by atoms with van der Waals surface area (Å²) in [5.74, 6) is -0.937. The second kappa shape index (κ2) is 12.8. The number of alkyl halides is 3. The fourth-order valence-electron chi connectivity index (χ4n) is 4.68. The van der Waals surface area contributed by atoms with Crippen LogP contribution in [-0.2, 0) is 29.4 Å². The van der Waals surface area contributed by atoms with E-state index in [1.165, 1.54) is 25.7 Å². The van der Waals surface area contributed by atoms with Gasteiger partial charge in [-0.25, -0.2) is 4.39 Å². The highest BCUT2D eigenvalue weighted by Gasteiger charge is 2.38. The van der Waals surface area contributed by atoms with Crippen molar-refractivity contribution in [3.63, 3.8) is 0 Å². The van der Waals surface area contributed by atoms with Gasteiger partial charge in [0.25, 0.3) is 0 Å². The topological polar surface area (TPSA) is 54.0 Å². The van der Waals surface area contributed by atoms with Crippen LogP contribution in [0.15, 0.2) is 66.9 Å². The molecule has 0 spiro atoms. The summed E-state index contributed by atoms with van der Waals surface area (Å²) in [6.07, 6.45) is 3.88. The zero-order chi connectivity index (χ0) is 26.9. The fraction of sp³-hybridized carbons (Fsp3) is 0.379. The number of aromatic nitrogens is 1. The van der Waals surface area contributed by atoms with Crippen LogP contribution in [0, 0.1) is 5.82 Å². The normalized spacial score (nSPS) is 15.4. The van der Waals surface area contributed by atoms with Crippen molar-refractivity contribution in [3.8, 4) is 0 Å². The number of halogens is 4. The quantitative estimate of drug-likeness (QED) is 0.278. The second-order valence-electron chi connectivity index (χ2n) is 9.22. The van der Waals surface area contributed by atoms with Crippen LogP contribution in [0.3, 0.4) is 0 Å². The number of carbonyl (C=O) groups is 1. The number of hydrogen-bond donors (Lipinski definition) is 2. The molecule has 1 aliphatic rings. The van der Waals surface area contributed by atoms with Crippen molar-refractivity contribution in [2.24, 2.45) is 0 Å². The fourth-order valence-corrected chi connectivity index (χ4v) is 4.68. The Morgan fingerprint density at radius 1 is 0.973 bits per heavy atom. The van der Waals surface area contributed by atoms with E-state index in [1.54, 1.807) is 19.3 Å². The summed E-state index contributed by atoms with van der Waals surface area (Å²) in [7, 11) is 1.65. The van der Waals surface area contributed by atoms with Gasteiger partial charge in [0.2, 0.25) is 6.41 Å². The summed E-state index contributed by atoms with van der Waals surface area (Å²) in [5, 5.41) is 5.91. The van der Waals surface area contributed by atoms with Gasteiger partial charge < -0.3 is 10.6 Å². The van der Waals surface area contributed by atoms with Crippen molar-refractivity contribution in [2.45, 2.75) is 63.2 Å². The third kappa shape index (κ3) is 7.38. The van der Waals surface area contributed by atoms with Crippen LogP contribution in [0.25, 0.3) is 0 Å². The molecule has 0 saturated heterocycles. The molecule has 0 aliphatic heterocycles. The molecule has 2 N–H and O–H groups in total. The van der Waals surface area contributed by atoms with Gasteiger partial charge in [-0.2, -0.15) is 13.2 Å². The number of rotatable bonds is 8. The first-order valence-electron chi connectivity index (χ1n) is 12.5. The van der Waals surface area contributed by atoms with Gasteiger partial charge in [0, 0.05) is 18.7 Å². The molecule has 37 heavy (non-hydrogen) atoms. The zero-order valence-electron chi connectivity index (χ0n) is 21.1. The van der Waals surface area contributed by atoms with E-state index in [-0.39, 0.29) is 5.56 Å². The minimum atomic E-state index is -4.65. The van der Waals surface area contributed by atoms with Crippen LogP contribution in [-0.4, -0.2) is 24.5 Å². The Hall–Kier alpha value is -3.26. The molecule has 198 valence electrons. The average molecular weight is 516 g/mol.